The van der Waals surface area contributed by atoms with E-state index in [9.17, 15) is 14.4 Å². The van der Waals surface area contributed by atoms with Gasteiger partial charge in [-0.25, -0.2) is 0 Å². The van der Waals surface area contributed by atoms with Crippen molar-refractivity contribution in [3.63, 3.8) is 0 Å². The number of rotatable bonds is 4. The molecule has 1 rings (SSSR count). The predicted octanol–water partition coefficient (Wildman–Crippen LogP) is 2.03. The highest BCUT2D eigenvalue weighted by Gasteiger charge is 2.15. The molecule has 0 heterocycles. The molecule has 16 heavy (non-hydrogen) atoms. The van der Waals surface area contributed by atoms with Crippen LogP contribution in [-0.2, 0) is 9.59 Å². The molecule has 0 fully saturated rings. The van der Waals surface area contributed by atoms with E-state index in [2.05, 4.69) is 0 Å². The van der Waals surface area contributed by atoms with Gasteiger partial charge in [-0.2, -0.15) is 0 Å². The monoisotopic (exact) mass is 218 g/mol. The summed E-state index contributed by atoms with van der Waals surface area (Å²) in [4.78, 5) is 33.6. The Bertz CT molecular complexity index is 438. The van der Waals surface area contributed by atoms with Crippen molar-refractivity contribution in [2.75, 3.05) is 0 Å². The molecule has 0 bridgehead atoms. The molecule has 3 nitrogen and oxygen atoms in total. The molecule has 0 radical (unpaired) electrons. The summed E-state index contributed by atoms with van der Waals surface area (Å²) >= 11 is 0. The molecule has 1 aromatic carbocycles. The van der Waals surface area contributed by atoms with Gasteiger partial charge in [-0.1, -0.05) is 17.2 Å². The summed E-state index contributed by atoms with van der Waals surface area (Å²) in [6.07, 6.45) is -0.335. The zero-order valence-electron chi connectivity index (χ0n) is 9.66. The van der Waals surface area contributed by atoms with Crippen LogP contribution in [-0.4, -0.2) is 17.3 Å². The van der Waals surface area contributed by atoms with Crippen LogP contribution >= 0.6 is 0 Å². The molecule has 0 aliphatic heterocycles. The predicted molar refractivity (Wildman–Crippen MR) is 60.6 cm³/mol. The maximum absolute atomic E-state index is 11.7. The third-order valence-electron chi connectivity index (χ3n) is 2.26. The van der Waals surface area contributed by atoms with Gasteiger partial charge in [0.25, 0.3) is 0 Å². The fourth-order valence-electron chi connectivity index (χ4n) is 1.51. The SMILES string of the molecule is CC(=O)C(=O)CC(=O)c1cc(C)cc(C)c1. The first-order chi connectivity index (χ1) is 7.40. The number of hydrogen-bond acceptors (Lipinski definition) is 3. The standard InChI is InChI=1S/C13H14O3/c1-8-4-9(2)6-11(5-8)13(16)7-12(15)10(3)14/h4-6H,7H2,1-3H3. The summed E-state index contributed by atoms with van der Waals surface area (Å²) in [7, 11) is 0. The Morgan fingerprint density at radius 1 is 1.00 bits per heavy atom. The minimum atomic E-state index is -0.635. The van der Waals surface area contributed by atoms with E-state index in [1.54, 1.807) is 12.1 Å². The fourth-order valence-corrected chi connectivity index (χ4v) is 1.51. The van der Waals surface area contributed by atoms with E-state index < -0.39 is 11.6 Å². The summed E-state index contributed by atoms with van der Waals surface area (Å²) in [5.74, 6) is -1.51. The van der Waals surface area contributed by atoms with E-state index in [1.807, 2.05) is 19.9 Å². The van der Waals surface area contributed by atoms with Crippen LogP contribution in [0.4, 0.5) is 0 Å². The average Bonchev–Trinajstić information content (AvgIpc) is 2.15. The van der Waals surface area contributed by atoms with Crippen molar-refractivity contribution in [1.82, 2.24) is 0 Å². The van der Waals surface area contributed by atoms with Gasteiger partial charge in [0.15, 0.2) is 11.6 Å². The normalized spacial score (nSPS) is 9.94. The molecule has 84 valence electrons. The third-order valence-corrected chi connectivity index (χ3v) is 2.26. The summed E-state index contributed by atoms with van der Waals surface area (Å²) in [5.41, 5.74) is 2.43. The molecule has 0 saturated carbocycles. The largest absolute Gasteiger partial charge is 0.294 e. The lowest BCUT2D eigenvalue weighted by atomic mass is 10.0. The van der Waals surface area contributed by atoms with Crippen LogP contribution in [0.5, 0.6) is 0 Å². The zero-order valence-corrected chi connectivity index (χ0v) is 9.66. The topological polar surface area (TPSA) is 51.2 Å². The molecule has 0 saturated heterocycles. The van der Waals surface area contributed by atoms with E-state index in [1.165, 1.54) is 6.92 Å². The van der Waals surface area contributed by atoms with Crippen molar-refractivity contribution in [2.45, 2.75) is 27.2 Å². The smallest absolute Gasteiger partial charge is 0.205 e. The lowest BCUT2D eigenvalue weighted by molar-refractivity contribution is -0.134. The summed E-state index contributed by atoms with van der Waals surface area (Å²) < 4.78 is 0. The molecule has 1 aromatic rings. The van der Waals surface area contributed by atoms with Gasteiger partial charge in [0.2, 0.25) is 5.78 Å². The first-order valence-corrected chi connectivity index (χ1v) is 5.05. The van der Waals surface area contributed by atoms with Gasteiger partial charge >= 0.3 is 0 Å². The highest BCUT2D eigenvalue weighted by Crippen LogP contribution is 2.11. The van der Waals surface area contributed by atoms with Crippen LogP contribution in [0.1, 0.15) is 34.8 Å². The first-order valence-electron chi connectivity index (χ1n) is 5.05. The molecule has 0 aliphatic carbocycles. The quantitative estimate of drug-likeness (QED) is 0.441. The van der Waals surface area contributed by atoms with Gasteiger partial charge in [-0.15, -0.1) is 0 Å². The molecule has 3 heteroatoms. The molecule has 0 spiro atoms. The number of benzene rings is 1. The molecule has 0 amide bonds. The van der Waals surface area contributed by atoms with Crippen molar-refractivity contribution in [1.29, 1.82) is 0 Å². The first kappa shape index (κ1) is 12.3. The zero-order chi connectivity index (χ0) is 12.3. The van der Waals surface area contributed by atoms with Crippen LogP contribution in [0.15, 0.2) is 18.2 Å². The fraction of sp³-hybridized carbons (Fsp3) is 0.308. The van der Waals surface area contributed by atoms with Crippen molar-refractivity contribution in [3.8, 4) is 0 Å². The molecule has 0 atom stereocenters. The summed E-state index contributed by atoms with van der Waals surface area (Å²) in [5, 5.41) is 0. The molecule has 0 N–H and O–H groups in total. The van der Waals surface area contributed by atoms with Gasteiger partial charge < -0.3 is 0 Å². The van der Waals surface area contributed by atoms with Gasteiger partial charge in [0.05, 0.1) is 6.42 Å². The van der Waals surface area contributed by atoms with Crippen LogP contribution in [0.3, 0.4) is 0 Å². The van der Waals surface area contributed by atoms with Crippen molar-refractivity contribution >= 4 is 17.3 Å². The Hall–Kier alpha value is -1.77. The van der Waals surface area contributed by atoms with Crippen molar-refractivity contribution in [2.24, 2.45) is 0 Å². The van der Waals surface area contributed by atoms with Crippen LogP contribution in [0.2, 0.25) is 0 Å². The second-order valence-corrected chi connectivity index (χ2v) is 3.96. The molecule has 0 aliphatic rings. The molecule has 0 unspecified atom stereocenters. The van der Waals surface area contributed by atoms with E-state index >= 15 is 0 Å². The second kappa shape index (κ2) is 4.84. The van der Waals surface area contributed by atoms with Crippen LogP contribution < -0.4 is 0 Å². The molecular weight excluding hydrogens is 204 g/mol. The maximum atomic E-state index is 11.7. The van der Waals surface area contributed by atoms with Crippen LogP contribution in [0.25, 0.3) is 0 Å². The Balaban J connectivity index is 2.89. The van der Waals surface area contributed by atoms with E-state index in [-0.39, 0.29) is 12.2 Å². The van der Waals surface area contributed by atoms with E-state index in [4.69, 9.17) is 0 Å². The van der Waals surface area contributed by atoms with Crippen molar-refractivity contribution in [3.05, 3.63) is 34.9 Å². The second-order valence-electron chi connectivity index (χ2n) is 3.96. The number of Topliss-reactive ketones (excluding diaryl/α,β-unsaturated/α-hetero) is 3. The summed E-state index contributed by atoms with van der Waals surface area (Å²) in [6.45, 7) is 4.95. The highest BCUT2D eigenvalue weighted by atomic mass is 16.2. The minimum absolute atomic E-state index is 0.299. The lowest BCUT2D eigenvalue weighted by Crippen LogP contribution is -2.15. The van der Waals surface area contributed by atoms with E-state index in [0.29, 0.717) is 5.56 Å². The lowest BCUT2D eigenvalue weighted by Gasteiger charge is -2.03. The third kappa shape index (κ3) is 3.12. The average molecular weight is 218 g/mol. The maximum Gasteiger partial charge on any atom is 0.205 e. The highest BCUT2D eigenvalue weighted by molar-refractivity contribution is 6.40. The van der Waals surface area contributed by atoms with E-state index in [0.717, 1.165) is 11.1 Å². The minimum Gasteiger partial charge on any atom is -0.294 e. The Morgan fingerprint density at radius 2 is 1.50 bits per heavy atom. The van der Waals surface area contributed by atoms with Gasteiger partial charge in [-0.3, -0.25) is 14.4 Å². The van der Waals surface area contributed by atoms with Crippen molar-refractivity contribution < 1.29 is 14.4 Å². The molecule has 0 aromatic heterocycles. The molecular formula is C13H14O3. The number of hydrogen-bond donors (Lipinski definition) is 0. The van der Waals surface area contributed by atoms with Gasteiger partial charge in [0.1, 0.15) is 0 Å². The van der Waals surface area contributed by atoms with Gasteiger partial charge in [-0.05, 0) is 26.0 Å². The Labute approximate surface area is 94.5 Å². The Morgan fingerprint density at radius 3 is 1.94 bits per heavy atom. The van der Waals surface area contributed by atoms with Gasteiger partial charge in [0, 0.05) is 12.5 Å². The number of carbonyl (C=O) groups excluding carboxylic acids is 3. The number of ketones is 3. The summed E-state index contributed by atoms with van der Waals surface area (Å²) in [6, 6.07) is 5.40. The van der Waals surface area contributed by atoms with Crippen LogP contribution in [0, 0.1) is 13.8 Å². The number of carbonyl (C=O) groups is 3. The number of aryl methyl sites for hydroxylation is 2. The Kier molecular flexibility index (Phi) is 3.72.